The molecule has 0 radical (unpaired) electrons. The number of aromatic nitrogens is 1. The Kier molecular flexibility index (Phi) is 4.63. The smallest absolute Gasteiger partial charge is 0.165 e. The summed E-state index contributed by atoms with van der Waals surface area (Å²) < 4.78 is 21.3. The van der Waals surface area contributed by atoms with E-state index in [9.17, 15) is 4.39 Å². The third-order valence-corrected chi connectivity index (χ3v) is 4.09. The van der Waals surface area contributed by atoms with Crippen molar-refractivity contribution in [2.75, 3.05) is 13.7 Å². The van der Waals surface area contributed by atoms with Crippen molar-refractivity contribution in [3.05, 3.63) is 65.6 Å². The summed E-state index contributed by atoms with van der Waals surface area (Å²) in [5.41, 5.74) is 3.34. The molecule has 4 heteroatoms. The number of rotatable bonds is 6. The molecular weight excluding hydrogens is 291 g/mol. The molecule has 23 heavy (non-hydrogen) atoms. The Morgan fingerprint density at radius 3 is 2.65 bits per heavy atom. The number of benzene rings is 2. The molecule has 1 N–H and O–H groups in total. The zero-order valence-electron chi connectivity index (χ0n) is 13.5. The van der Waals surface area contributed by atoms with Crippen LogP contribution in [0, 0.1) is 5.82 Å². The van der Waals surface area contributed by atoms with E-state index in [2.05, 4.69) is 23.6 Å². The van der Waals surface area contributed by atoms with Crippen LogP contribution in [0.1, 0.15) is 11.1 Å². The van der Waals surface area contributed by atoms with E-state index in [0.29, 0.717) is 5.75 Å². The van der Waals surface area contributed by atoms with E-state index in [0.717, 1.165) is 36.0 Å². The topological polar surface area (TPSA) is 26.2 Å². The molecule has 0 spiro atoms. The van der Waals surface area contributed by atoms with E-state index in [4.69, 9.17) is 4.74 Å². The molecule has 0 aliphatic heterocycles. The van der Waals surface area contributed by atoms with Gasteiger partial charge in [-0.05, 0) is 36.2 Å². The minimum atomic E-state index is -0.315. The summed E-state index contributed by atoms with van der Waals surface area (Å²) in [4.78, 5) is 0. The Labute approximate surface area is 135 Å². The van der Waals surface area contributed by atoms with Crippen molar-refractivity contribution >= 4 is 10.9 Å². The van der Waals surface area contributed by atoms with Gasteiger partial charge in [0.05, 0.1) is 12.6 Å². The molecule has 0 fully saturated rings. The molecule has 1 aromatic heterocycles. The van der Waals surface area contributed by atoms with Crippen LogP contribution < -0.4 is 10.1 Å². The summed E-state index contributed by atoms with van der Waals surface area (Å²) >= 11 is 0. The van der Waals surface area contributed by atoms with E-state index in [1.807, 2.05) is 29.8 Å². The third-order valence-electron chi connectivity index (χ3n) is 4.09. The number of halogens is 1. The van der Waals surface area contributed by atoms with Gasteiger partial charge in [-0.25, -0.2) is 4.39 Å². The van der Waals surface area contributed by atoms with E-state index < -0.39 is 0 Å². The minimum absolute atomic E-state index is 0.315. The molecule has 0 aliphatic carbocycles. The summed E-state index contributed by atoms with van der Waals surface area (Å²) in [7, 11) is 3.49. The lowest BCUT2D eigenvalue weighted by molar-refractivity contribution is 0.391. The number of fused-ring (bicyclic) bond motifs is 1. The van der Waals surface area contributed by atoms with Gasteiger partial charge in [0.15, 0.2) is 11.6 Å². The van der Waals surface area contributed by atoms with Crippen LogP contribution in [0.3, 0.4) is 0 Å². The van der Waals surface area contributed by atoms with Crippen LogP contribution in [0.4, 0.5) is 4.39 Å². The van der Waals surface area contributed by atoms with E-state index in [1.54, 1.807) is 6.07 Å². The summed E-state index contributed by atoms with van der Waals surface area (Å²) in [5.74, 6) is 0.0193. The number of hydrogen-bond donors (Lipinski definition) is 1. The Balaban J connectivity index is 1.74. The van der Waals surface area contributed by atoms with Crippen LogP contribution in [0.5, 0.6) is 5.75 Å². The molecule has 0 aliphatic rings. The number of ether oxygens (including phenoxy) is 1. The minimum Gasteiger partial charge on any atom is -0.493 e. The van der Waals surface area contributed by atoms with Crippen molar-refractivity contribution in [1.29, 1.82) is 0 Å². The predicted molar refractivity (Wildman–Crippen MR) is 91.3 cm³/mol. The maximum atomic E-state index is 14.0. The SMILES string of the molecule is COc1c(F)ccc2c1c(CCNCc1ccccc1)cn2C. The van der Waals surface area contributed by atoms with Crippen LogP contribution in [0.25, 0.3) is 10.9 Å². The third kappa shape index (κ3) is 3.22. The van der Waals surface area contributed by atoms with Crippen LogP contribution in [-0.4, -0.2) is 18.2 Å². The van der Waals surface area contributed by atoms with Crippen LogP contribution >= 0.6 is 0 Å². The fraction of sp³-hybridized carbons (Fsp3) is 0.263. The van der Waals surface area contributed by atoms with Crippen molar-refractivity contribution in [1.82, 2.24) is 9.88 Å². The van der Waals surface area contributed by atoms with Gasteiger partial charge >= 0.3 is 0 Å². The summed E-state index contributed by atoms with van der Waals surface area (Å²) in [6, 6.07) is 13.5. The van der Waals surface area contributed by atoms with Gasteiger partial charge in [-0.15, -0.1) is 0 Å². The van der Waals surface area contributed by atoms with E-state index >= 15 is 0 Å². The summed E-state index contributed by atoms with van der Waals surface area (Å²) in [6.07, 6.45) is 2.88. The van der Waals surface area contributed by atoms with Crippen LogP contribution in [0.2, 0.25) is 0 Å². The maximum Gasteiger partial charge on any atom is 0.165 e. The second-order valence-electron chi connectivity index (χ2n) is 5.65. The molecule has 120 valence electrons. The Bertz CT molecular complexity index is 796. The molecule has 3 rings (SSSR count). The van der Waals surface area contributed by atoms with Gasteiger partial charge in [0.2, 0.25) is 0 Å². The first-order valence-corrected chi connectivity index (χ1v) is 7.75. The van der Waals surface area contributed by atoms with Crippen molar-refractivity contribution in [2.45, 2.75) is 13.0 Å². The number of methoxy groups -OCH3 is 1. The maximum absolute atomic E-state index is 14.0. The summed E-state index contributed by atoms with van der Waals surface area (Å²) in [5, 5.41) is 4.30. The molecule has 0 amide bonds. The molecule has 3 aromatic rings. The first-order chi connectivity index (χ1) is 11.2. The lowest BCUT2D eigenvalue weighted by atomic mass is 10.1. The van der Waals surface area contributed by atoms with Crippen molar-refractivity contribution in [3.8, 4) is 5.75 Å². The van der Waals surface area contributed by atoms with Gasteiger partial charge in [-0.2, -0.15) is 0 Å². The van der Waals surface area contributed by atoms with Crippen molar-refractivity contribution in [2.24, 2.45) is 7.05 Å². The van der Waals surface area contributed by atoms with Crippen LogP contribution in [0.15, 0.2) is 48.7 Å². The van der Waals surface area contributed by atoms with Crippen LogP contribution in [-0.2, 0) is 20.0 Å². The van der Waals surface area contributed by atoms with Gasteiger partial charge < -0.3 is 14.6 Å². The molecule has 0 atom stereocenters. The molecule has 0 saturated heterocycles. The molecule has 2 aromatic carbocycles. The quantitative estimate of drug-likeness (QED) is 0.703. The number of nitrogens with zero attached hydrogens (tertiary/aromatic N) is 1. The van der Waals surface area contributed by atoms with E-state index in [-0.39, 0.29) is 5.82 Å². The first-order valence-electron chi connectivity index (χ1n) is 7.75. The zero-order chi connectivity index (χ0) is 16.2. The average molecular weight is 312 g/mol. The highest BCUT2D eigenvalue weighted by atomic mass is 19.1. The van der Waals surface area contributed by atoms with Gasteiger partial charge in [0.1, 0.15) is 0 Å². The largest absolute Gasteiger partial charge is 0.493 e. The fourth-order valence-corrected chi connectivity index (χ4v) is 2.96. The number of nitrogens with one attached hydrogen (secondary N) is 1. The molecule has 0 unspecified atom stereocenters. The normalized spacial score (nSPS) is 11.1. The Morgan fingerprint density at radius 2 is 1.91 bits per heavy atom. The van der Waals surface area contributed by atoms with E-state index in [1.165, 1.54) is 18.7 Å². The molecular formula is C19H21FN2O. The zero-order valence-corrected chi connectivity index (χ0v) is 13.5. The highest BCUT2D eigenvalue weighted by Crippen LogP contribution is 2.32. The Morgan fingerprint density at radius 1 is 1.13 bits per heavy atom. The van der Waals surface area contributed by atoms with Crippen molar-refractivity contribution < 1.29 is 9.13 Å². The van der Waals surface area contributed by atoms with Crippen molar-refractivity contribution in [3.63, 3.8) is 0 Å². The lowest BCUT2D eigenvalue weighted by Gasteiger charge is -2.07. The van der Waals surface area contributed by atoms with Gasteiger partial charge in [0.25, 0.3) is 0 Å². The highest BCUT2D eigenvalue weighted by molar-refractivity contribution is 5.90. The summed E-state index contributed by atoms with van der Waals surface area (Å²) in [6.45, 7) is 1.66. The number of hydrogen-bond acceptors (Lipinski definition) is 2. The standard InChI is InChI=1S/C19H21FN2O/c1-22-13-15(10-11-21-12-14-6-4-3-5-7-14)18-17(22)9-8-16(20)19(18)23-2/h3-9,13,21H,10-12H2,1-2H3. The van der Waals surface area contributed by atoms with Gasteiger partial charge in [-0.3, -0.25) is 0 Å². The molecule has 1 heterocycles. The van der Waals surface area contributed by atoms with Gasteiger partial charge in [-0.1, -0.05) is 30.3 Å². The second kappa shape index (κ2) is 6.84. The predicted octanol–water partition coefficient (Wildman–Crippen LogP) is 3.66. The molecule has 0 saturated carbocycles. The second-order valence-corrected chi connectivity index (χ2v) is 5.65. The average Bonchev–Trinajstić information content (AvgIpc) is 2.89. The first kappa shape index (κ1) is 15.6. The Hall–Kier alpha value is -2.33. The monoisotopic (exact) mass is 312 g/mol. The lowest BCUT2D eigenvalue weighted by Crippen LogP contribution is -2.16. The highest BCUT2D eigenvalue weighted by Gasteiger charge is 2.15. The van der Waals surface area contributed by atoms with Gasteiger partial charge in [0, 0.05) is 25.2 Å². The molecule has 0 bridgehead atoms. The fourth-order valence-electron chi connectivity index (χ4n) is 2.96. The molecule has 3 nitrogen and oxygen atoms in total. The number of aryl methyl sites for hydroxylation is 1.